The van der Waals surface area contributed by atoms with Crippen molar-refractivity contribution in [1.82, 2.24) is 9.38 Å². The van der Waals surface area contributed by atoms with Crippen LogP contribution in [0.15, 0.2) is 70.8 Å². The van der Waals surface area contributed by atoms with Crippen LogP contribution < -0.4 is 10.5 Å². The molecule has 0 saturated carbocycles. The molecule has 0 bridgehead atoms. The second-order valence-corrected chi connectivity index (χ2v) is 7.83. The second kappa shape index (κ2) is 8.53. The Bertz CT molecular complexity index is 1330. The van der Waals surface area contributed by atoms with Crippen molar-refractivity contribution in [2.45, 2.75) is 13.5 Å². The van der Waals surface area contributed by atoms with Gasteiger partial charge in [-0.15, -0.1) is 11.3 Å². The molecule has 8 heteroatoms. The summed E-state index contributed by atoms with van der Waals surface area (Å²) in [6, 6.07) is 17.0. The van der Waals surface area contributed by atoms with Crippen LogP contribution in [0.1, 0.15) is 31.4 Å². The summed E-state index contributed by atoms with van der Waals surface area (Å²) in [5.41, 5.74) is 2.06. The number of nitrogens with zero attached hydrogens (tertiary/aromatic N) is 3. The molecule has 7 nitrogen and oxygen atoms in total. The highest BCUT2D eigenvalue weighted by atomic mass is 32.1. The minimum absolute atomic E-state index is 0.157. The van der Waals surface area contributed by atoms with Crippen molar-refractivity contribution in [2.75, 3.05) is 11.9 Å². The van der Waals surface area contributed by atoms with Gasteiger partial charge >= 0.3 is 5.97 Å². The molecular weight excluding hydrogens is 414 g/mol. The molecule has 0 radical (unpaired) electrons. The topological polar surface area (TPSA) is 81.0 Å². The highest BCUT2D eigenvalue weighted by Crippen LogP contribution is 2.23. The number of aryl methyl sites for hydroxylation is 1. The maximum Gasteiger partial charge on any atom is 0.340 e. The number of hydrogen-bond acceptors (Lipinski definition) is 6. The lowest BCUT2D eigenvalue weighted by atomic mass is 10.1. The van der Waals surface area contributed by atoms with E-state index < -0.39 is 5.97 Å². The molecule has 0 atom stereocenters. The number of pyridine rings is 1. The number of para-hydroxylation sites is 1. The summed E-state index contributed by atoms with van der Waals surface area (Å²) in [4.78, 5) is 44.3. The third kappa shape index (κ3) is 4.10. The zero-order valence-electron chi connectivity index (χ0n) is 16.9. The van der Waals surface area contributed by atoms with Crippen molar-refractivity contribution in [3.63, 3.8) is 0 Å². The van der Waals surface area contributed by atoms with Crippen LogP contribution in [-0.4, -0.2) is 28.3 Å². The Kier molecular flexibility index (Phi) is 5.64. The van der Waals surface area contributed by atoms with Gasteiger partial charge in [0, 0.05) is 18.8 Å². The molecule has 1 aromatic carbocycles. The van der Waals surface area contributed by atoms with Gasteiger partial charge in [0.2, 0.25) is 0 Å². The fourth-order valence-corrected chi connectivity index (χ4v) is 3.97. The monoisotopic (exact) mass is 433 g/mol. The number of fused-ring (bicyclic) bond motifs is 1. The van der Waals surface area contributed by atoms with E-state index in [-0.39, 0.29) is 23.6 Å². The number of ether oxygens (including phenoxy) is 1. The molecule has 3 aromatic heterocycles. The zero-order valence-corrected chi connectivity index (χ0v) is 17.8. The van der Waals surface area contributed by atoms with Gasteiger partial charge in [0.1, 0.15) is 12.3 Å². The Morgan fingerprint density at radius 3 is 2.68 bits per heavy atom. The van der Waals surface area contributed by atoms with Crippen molar-refractivity contribution in [2.24, 2.45) is 0 Å². The fraction of sp³-hybridized carbons (Fsp3) is 0.130. The summed E-state index contributed by atoms with van der Waals surface area (Å²) in [5.74, 6) is -0.817. The summed E-state index contributed by atoms with van der Waals surface area (Å²) in [6.07, 6.45) is 0. The molecule has 0 saturated heterocycles. The maximum absolute atomic E-state index is 12.8. The van der Waals surface area contributed by atoms with Crippen LogP contribution >= 0.6 is 11.3 Å². The van der Waals surface area contributed by atoms with E-state index in [1.807, 2.05) is 24.4 Å². The van der Waals surface area contributed by atoms with Crippen molar-refractivity contribution in [3.8, 4) is 0 Å². The first-order valence-electron chi connectivity index (χ1n) is 9.52. The van der Waals surface area contributed by atoms with Crippen LogP contribution in [0.25, 0.3) is 5.65 Å². The second-order valence-electron chi connectivity index (χ2n) is 6.88. The molecule has 0 aliphatic rings. The minimum atomic E-state index is -0.604. The van der Waals surface area contributed by atoms with Crippen LogP contribution in [0.2, 0.25) is 0 Å². The molecular formula is C23H19N3O4S. The molecule has 156 valence electrons. The third-order valence-corrected chi connectivity index (χ3v) is 5.66. The molecule has 0 unspecified atom stereocenters. The van der Waals surface area contributed by atoms with E-state index in [9.17, 15) is 14.4 Å². The third-order valence-electron chi connectivity index (χ3n) is 4.81. The van der Waals surface area contributed by atoms with E-state index in [1.165, 1.54) is 26.7 Å². The molecule has 1 amide bonds. The lowest BCUT2D eigenvalue weighted by Gasteiger charge is -2.19. The first-order valence-corrected chi connectivity index (χ1v) is 10.4. The summed E-state index contributed by atoms with van der Waals surface area (Å²) in [5, 5.41) is 1.82. The SMILES string of the molecule is Cc1cccc2nc(COC(=O)c3ccccc3N(C)C(=O)c3cccs3)cc(=O)n12. The molecule has 4 rings (SSSR count). The van der Waals surface area contributed by atoms with Crippen LogP contribution in [0.3, 0.4) is 0 Å². The summed E-state index contributed by atoms with van der Waals surface area (Å²) >= 11 is 1.33. The van der Waals surface area contributed by atoms with E-state index in [2.05, 4.69) is 4.98 Å². The van der Waals surface area contributed by atoms with E-state index in [4.69, 9.17) is 4.74 Å². The average molecular weight is 433 g/mol. The standard InChI is InChI=1S/C23H19N3O4S/c1-15-7-5-11-20-24-16(13-21(27)26(15)20)14-30-23(29)17-8-3-4-9-18(17)25(2)22(28)19-10-6-12-31-19/h3-13H,14H2,1-2H3. The number of anilines is 1. The molecule has 0 aliphatic carbocycles. The Morgan fingerprint density at radius 2 is 1.90 bits per heavy atom. The average Bonchev–Trinajstić information content (AvgIpc) is 3.31. The van der Waals surface area contributed by atoms with E-state index >= 15 is 0 Å². The van der Waals surface area contributed by atoms with Gasteiger partial charge in [0.25, 0.3) is 11.5 Å². The lowest BCUT2D eigenvalue weighted by molar-refractivity contribution is 0.0468. The smallest absolute Gasteiger partial charge is 0.340 e. The highest BCUT2D eigenvalue weighted by Gasteiger charge is 2.21. The number of carbonyl (C=O) groups is 2. The van der Waals surface area contributed by atoms with Crippen molar-refractivity contribution in [1.29, 1.82) is 0 Å². The minimum Gasteiger partial charge on any atom is -0.456 e. The van der Waals surface area contributed by atoms with Crippen LogP contribution in [0, 0.1) is 6.92 Å². The van der Waals surface area contributed by atoms with Gasteiger partial charge in [0.15, 0.2) is 0 Å². The molecule has 31 heavy (non-hydrogen) atoms. The Labute approximate surface area is 182 Å². The van der Waals surface area contributed by atoms with E-state index in [1.54, 1.807) is 49.5 Å². The number of benzene rings is 1. The zero-order chi connectivity index (χ0) is 22.0. The molecule has 3 heterocycles. The van der Waals surface area contributed by atoms with Crippen LogP contribution in [-0.2, 0) is 11.3 Å². The van der Waals surface area contributed by atoms with Crippen molar-refractivity contribution in [3.05, 3.63) is 98.2 Å². The van der Waals surface area contributed by atoms with Gasteiger partial charge < -0.3 is 9.64 Å². The number of hydrogen-bond donors (Lipinski definition) is 0. The summed E-state index contributed by atoms with van der Waals surface area (Å²) in [6.45, 7) is 1.66. The number of thiophene rings is 1. The molecule has 4 aromatic rings. The Morgan fingerprint density at radius 1 is 1.10 bits per heavy atom. The van der Waals surface area contributed by atoms with Gasteiger partial charge in [-0.2, -0.15) is 0 Å². The quantitative estimate of drug-likeness (QED) is 0.449. The molecule has 0 aliphatic heterocycles. The Balaban J connectivity index is 1.56. The predicted octanol–water partition coefficient (Wildman–Crippen LogP) is 3.70. The van der Waals surface area contributed by atoms with Gasteiger partial charge in [-0.3, -0.25) is 14.0 Å². The normalized spacial score (nSPS) is 10.8. The lowest BCUT2D eigenvalue weighted by Crippen LogP contribution is -2.27. The Hall–Kier alpha value is -3.78. The molecule has 0 spiro atoms. The number of esters is 1. The molecule has 0 fully saturated rings. The summed E-state index contributed by atoms with van der Waals surface area (Å²) in [7, 11) is 1.61. The fourth-order valence-electron chi connectivity index (χ4n) is 3.27. The van der Waals surface area contributed by atoms with Gasteiger partial charge in [-0.25, -0.2) is 9.78 Å². The van der Waals surface area contributed by atoms with Gasteiger partial charge in [-0.05, 0) is 42.6 Å². The number of rotatable bonds is 5. The molecule has 0 N–H and O–H groups in total. The maximum atomic E-state index is 12.8. The largest absolute Gasteiger partial charge is 0.456 e. The number of amides is 1. The van der Waals surface area contributed by atoms with Crippen LogP contribution in [0.4, 0.5) is 5.69 Å². The first-order chi connectivity index (χ1) is 15.0. The summed E-state index contributed by atoms with van der Waals surface area (Å²) < 4.78 is 6.92. The number of aromatic nitrogens is 2. The van der Waals surface area contributed by atoms with E-state index in [0.717, 1.165) is 5.69 Å². The van der Waals surface area contributed by atoms with Gasteiger partial charge in [0.05, 0.1) is 21.8 Å². The van der Waals surface area contributed by atoms with Crippen LogP contribution in [0.5, 0.6) is 0 Å². The van der Waals surface area contributed by atoms with Crippen molar-refractivity contribution < 1.29 is 14.3 Å². The van der Waals surface area contributed by atoms with Gasteiger partial charge in [-0.1, -0.05) is 24.3 Å². The highest BCUT2D eigenvalue weighted by molar-refractivity contribution is 7.12. The van der Waals surface area contributed by atoms with E-state index in [0.29, 0.717) is 21.9 Å². The predicted molar refractivity (Wildman–Crippen MR) is 119 cm³/mol. The first kappa shape index (κ1) is 20.5. The van der Waals surface area contributed by atoms with Crippen molar-refractivity contribution >= 4 is 34.5 Å². The number of carbonyl (C=O) groups excluding carboxylic acids is 2.